The van der Waals surface area contributed by atoms with E-state index >= 15 is 0 Å². The summed E-state index contributed by atoms with van der Waals surface area (Å²) in [7, 11) is 0. The number of nitrogens with zero attached hydrogens (tertiary/aromatic N) is 1. The normalized spacial score (nSPS) is 24.1. The highest BCUT2D eigenvalue weighted by Crippen LogP contribution is 2.32. The Morgan fingerprint density at radius 3 is 2.71 bits per heavy atom. The Hall–Kier alpha value is -0.800. The molecule has 1 saturated heterocycles. The minimum absolute atomic E-state index is 0.411. The van der Waals surface area contributed by atoms with Crippen molar-refractivity contribution in [2.75, 3.05) is 11.4 Å². The second-order valence-corrected chi connectivity index (χ2v) is 5.74. The molecule has 0 saturated carbocycles. The van der Waals surface area contributed by atoms with Crippen LogP contribution in [0.3, 0.4) is 0 Å². The molecule has 1 heterocycles. The summed E-state index contributed by atoms with van der Waals surface area (Å²) in [6.07, 6.45) is 1.21. The van der Waals surface area contributed by atoms with Gasteiger partial charge in [-0.25, -0.2) is 0 Å². The van der Waals surface area contributed by atoms with Gasteiger partial charge < -0.3 is 10.6 Å². The maximum atomic E-state index is 6.00. The number of thiocarbonyl (C=S) groups is 1. The van der Waals surface area contributed by atoms with Crippen molar-refractivity contribution < 1.29 is 0 Å². The van der Waals surface area contributed by atoms with Gasteiger partial charge in [-0.05, 0) is 37.5 Å². The van der Waals surface area contributed by atoms with Gasteiger partial charge in [-0.1, -0.05) is 30.7 Å². The van der Waals surface area contributed by atoms with Gasteiger partial charge in [-0.15, -0.1) is 0 Å². The van der Waals surface area contributed by atoms with Crippen molar-refractivity contribution in [1.29, 1.82) is 0 Å². The molecule has 92 valence electrons. The number of halogens is 1. The largest absolute Gasteiger partial charge is 0.389 e. The molecule has 0 spiro atoms. The molecule has 1 fully saturated rings. The predicted octanol–water partition coefficient (Wildman–Crippen LogP) is 3.21. The standard InChI is InChI=1S/C13H17ClN2S/c1-8-5-9(2)16(7-8)12-4-3-10(14)6-11(12)13(15)17/h3-4,6,8-9H,5,7H2,1-2H3,(H2,15,17). The third-order valence-electron chi connectivity index (χ3n) is 3.32. The predicted molar refractivity (Wildman–Crippen MR) is 77.9 cm³/mol. The van der Waals surface area contributed by atoms with E-state index in [9.17, 15) is 0 Å². The Kier molecular flexibility index (Phi) is 3.59. The van der Waals surface area contributed by atoms with Gasteiger partial charge in [0.15, 0.2) is 0 Å². The van der Waals surface area contributed by atoms with Crippen LogP contribution in [0.5, 0.6) is 0 Å². The summed E-state index contributed by atoms with van der Waals surface area (Å²) in [6.45, 7) is 5.56. The lowest BCUT2D eigenvalue weighted by Gasteiger charge is -2.26. The molecule has 2 atom stereocenters. The van der Waals surface area contributed by atoms with E-state index in [0.29, 0.717) is 22.0 Å². The van der Waals surface area contributed by atoms with E-state index in [2.05, 4.69) is 18.7 Å². The minimum atomic E-state index is 0.411. The quantitative estimate of drug-likeness (QED) is 0.836. The van der Waals surface area contributed by atoms with E-state index in [4.69, 9.17) is 29.6 Å². The third kappa shape index (κ3) is 2.55. The third-order valence-corrected chi connectivity index (χ3v) is 3.77. The fraction of sp³-hybridized carbons (Fsp3) is 0.462. The smallest absolute Gasteiger partial charge is 0.106 e. The highest BCUT2D eigenvalue weighted by Gasteiger charge is 2.28. The molecule has 1 aromatic carbocycles. The van der Waals surface area contributed by atoms with E-state index < -0.39 is 0 Å². The van der Waals surface area contributed by atoms with Crippen LogP contribution in [0, 0.1) is 5.92 Å². The van der Waals surface area contributed by atoms with Crippen LogP contribution in [0.4, 0.5) is 5.69 Å². The first-order valence-electron chi connectivity index (χ1n) is 5.85. The fourth-order valence-electron chi connectivity index (χ4n) is 2.59. The van der Waals surface area contributed by atoms with Gasteiger partial charge in [-0.3, -0.25) is 0 Å². The molecule has 4 heteroatoms. The molecule has 0 aliphatic carbocycles. The molecule has 17 heavy (non-hydrogen) atoms. The van der Waals surface area contributed by atoms with E-state index in [1.165, 1.54) is 6.42 Å². The summed E-state index contributed by atoms with van der Waals surface area (Å²) in [5, 5.41) is 0.677. The highest BCUT2D eigenvalue weighted by atomic mass is 35.5. The maximum Gasteiger partial charge on any atom is 0.106 e. The van der Waals surface area contributed by atoms with Crippen molar-refractivity contribution >= 4 is 34.5 Å². The van der Waals surface area contributed by atoms with Crippen LogP contribution in [0.15, 0.2) is 18.2 Å². The van der Waals surface area contributed by atoms with Gasteiger partial charge in [0.25, 0.3) is 0 Å². The Morgan fingerprint density at radius 1 is 1.47 bits per heavy atom. The lowest BCUT2D eigenvalue weighted by atomic mass is 10.1. The molecule has 1 aliphatic rings. The van der Waals surface area contributed by atoms with Gasteiger partial charge in [-0.2, -0.15) is 0 Å². The molecule has 2 rings (SSSR count). The second kappa shape index (κ2) is 4.83. The number of rotatable bonds is 2. The summed E-state index contributed by atoms with van der Waals surface area (Å²) < 4.78 is 0. The lowest BCUT2D eigenvalue weighted by molar-refractivity contribution is 0.625. The number of hydrogen-bond acceptors (Lipinski definition) is 2. The van der Waals surface area contributed by atoms with E-state index in [1.807, 2.05) is 18.2 Å². The molecule has 0 amide bonds. The molecule has 1 aliphatic heterocycles. The summed E-state index contributed by atoms with van der Waals surface area (Å²) in [5.74, 6) is 0.708. The van der Waals surface area contributed by atoms with Crippen molar-refractivity contribution in [1.82, 2.24) is 0 Å². The number of hydrogen-bond donors (Lipinski definition) is 1. The maximum absolute atomic E-state index is 6.00. The first-order chi connectivity index (χ1) is 7.99. The molecule has 1 aromatic rings. The molecule has 2 unspecified atom stereocenters. The van der Waals surface area contributed by atoms with Crippen molar-refractivity contribution in [2.24, 2.45) is 11.7 Å². The molecular formula is C13H17ClN2S. The summed E-state index contributed by atoms with van der Waals surface area (Å²) in [5.41, 5.74) is 7.77. The zero-order chi connectivity index (χ0) is 12.6. The van der Waals surface area contributed by atoms with Crippen LogP contribution in [-0.2, 0) is 0 Å². The highest BCUT2D eigenvalue weighted by molar-refractivity contribution is 7.80. The first kappa shape index (κ1) is 12.7. The van der Waals surface area contributed by atoms with E-state index in [0.717, 1.165) is 17.8 Å². The molecule has 0 radical (unpaired) electrons. The zero-order valence-corrected chi connectivity index (χ0v) is 11.7. The molecule has 0 bridgehead atoms. The van der Waals surface area contributed by atoms with E-state index in [1.54, 1.807) is 0 Å². The molecule has 2 nitrogen and oxygen atoms in total. The van der Waals surface area contributed by atoms with Crippen LogP contribution >= 0.6 is 23.8 Å². The van der Waals surface area contributed by atoms with Gasteiger partial charge in [0.1, 0.15) is 4.99 Å². The monoisotopic (exact) mass is 268 g/mol. The summed E-state index contributed by atoms with van der Waals surface area (Å²) in [4.78, 5) is 2.78. The van der Waals surface area contributed by atoms with Crippen LogP contribution in [0.2, 0.25) is 5.02 Å². The Morgan fingerprint density at radius 2 is 2.18 bits per heavy atom. The lowest BCUT2D eigenvalue weighted by Crippen LogP contribution is -2.29. The average molecular weight is 269 g/mol. The SMILES string of the molecule is CC1CC(C)N(c2ccc(Cl)cc2C(N)=S)C1. The number of nitrogens with two attached hydrogens (primary N) is 1. The van der Waals surface area contributed by atoms with Crippen LogP contribution in [-0.4, -0.2) is 17.6 Å². The Labute approximate surface area is 113 Å². The van der Waals surface area contributed by atoms with E-state index in [-0.39, 0.29) is 0 Å². The van der Waals surface area contributed by atoms with Crippen LogP contribution in [0.25, 0.3) is 0 Å². The molecule has 2 N–H and O–H groups in total. The molecule has 0 aromatic heterocycles. The summed E-state index contributed by atoms with van der Waals surface area (Å²) >= 11 is 11.1. The topological polar surface area (TPSA) is 29.3 Å². The van der Waals surface area contributed by atoms with Crippen molar-refractivity contribution in [3.63, 3.8) is 0 Å². The van der Waals surface area contributed by atoms with Crippen molar-refractivity contribution in [3.8, 4) is 0 Å². The minimum Gasteiger partial charge on any atom is -0.389 e. The van der Waals surface area contributed by atoms with Crippen LogP contribution in [0.1, 0.15) is 25.8 Å². The van der Waals surface area contributed by atoms with Gasteiger partial charge >= 0.3 is 0 Å². The van der Waals surface area contributed by atoms with Gasteiger partial charge in [0, 0.05) is 28.9 Å². The van der Waals surface area contributed by atoms with Crippen molar-refractivity contribution in [3.05, 3.63) is 28.8 Å². The summed E-state index contributed by atoms with van der Waals surface area (Å²) in [6, 6.07) is 6.30. The molecular weight excluding hydrogens is 252 g/mol. The van der Waals surface area contributed by atoms with Gasteiger partial charge in [0.05, 0.1) is 0 Å². The number of benzene rings is 1. The Bertz CT molecular complexity index is 447. The second-order valence-electron chi connectivity index (χ2n) is 4.87. The fourth-order valence-corrected chi connectivity index (χ4v) is 2.93. The average Bonchev–Trinajstić information content (AvgIpc) is 2.57. The Balaban J connectivity index is 2.41. The van der Waals surface area contributed by atoms with Crippen molar-refractivity contribution in [2.45, 2.75) is 26.3 Å². The van der Waals surface area contributed by atoms with Crippen LogP contribution < -0.4 is 10.6 Å². The zero-order valence-electron chi connectivity index (χ0n) is 10.1. The van der Waals surface area contributed by atoms with Gasteiger partial charge in [0.2, 0.25) is 0 Å². The number of anilines is 1. The first-order valence-corrected chi connectivity index (χ1v) is 6.63.